The molecular weight excluding hydrogens is 228 g/mol. The lowest BCUT2D eigenvalue weighted by Gasteiger charge is -2.33. The van der Waals surface area contributed by atoms with Gasteiger partial charge in [0.25, 0.3) is 0 Å². The van der Waals surface area contributed by atoms with Crippen molar-refractivity contribution in [2.24, 2.45) is 5.92 Å². The molecule has 1 rings (SSSR count). The molecule has 0 saturated carbocycles. The van der Waals surface area contributed by atoms with Crippen LogP contribution in [0.3, 0.4) is 0 Å². The van der Waals surface area contributed by atoms with Crippen molar-refractivity contribution in [1.29, 1.82) is 0 Å². The van der Waals surface area contributed by atoms with Crippen molar-refractivity contribution in [2.75, 3.05) is 13.1 Å². The van der Waals surface area contributed by atoms with E-state index in [0.29, 0.717) is 19.0 Å². The lowest BCUT2D eigenvalue weighted by Crippen LogP contribution is -2.58. The number of carbonyl (C=O) groups is 2. The Labute approximate surface area is 110 Å². The summed E-state index contributed by atoms with van der Waals surface area (Å²) < 4.78 is 0. The number of imide groups is 1. The Kier molecular flexibility index (Phi) is 6.33. The molecule has 0 aromatic rings. The highest BCUT2D eigenvalue weighted by atomic mass is 16.2. The summed E-state index contributed by atoms with van der Waals surface area (Å²) in [5.41, 5.74) is 0. The van der Waals surface area contributed by atoms with Gasteiger partial charge in [0.05, 0.1) is 12.6 Å². The zero-order valence-corrected chi connectivity index (χ0v) is 11.9. The first kappa shape index (κ1) is 15.2. The minimum absolute atomic E-state index is 0.0382. The first-order valence-corrected chi connectivity index (χ1v) is 7.21. The molecule has 2 atom stereocenters. The zero-order valence-electron chi connectivity index (χ0n) is 11.9. The lowest BCUT2D eigenvalue weighted by molar-refractivity contribution is -0.150. The van der Waals surface area contributed by atoms with E-state index in [1.54, 1.807) is 0 Å². The molecule has 0 aromatic carbocycles. The molecule has 1 aliphatic rings. The monoisotopic (exact) mass is 254 g/mol. The molecule has 2 amide bonds. The normalized spacial score (nSPS) is 22.4. The second kappa shape index (κ2) is 7.52. The van der Waals surface area contributed by atoms with Crippen molar-refractivity contribution in [3.63, 3.8) is 0 Å². The Bertz CT molecular complexity index is 292. The van der Waals surface area contributed by atoms with Gasteiger partial charge in [0.1, 0.15) is 0 Å². The molecule has 18 heavy (non-hydrogen) atoms. The van der Waals surface area contributed by atoms with E-state index in [9.17, 15) is 9.59 Å². The number of nitrogens with zero attached hydrogens (tertiary/aromatic N) is 1. The van der Waals surface area contributed by atoms with Crippen molar-refractivity contribution >= 4 is 11.8 Å². The highest BCUT2D eigenvalue weighted by Gasteiger charge is 2.33. The second-order valence-corrected chi connectivity index (χ2v) is 5.10. The largest absolute Gasteiger partial charge is 0.297 e. The van der Waals surface area contributed by atoms with Crippen molar-refractivity contribution < 1.29 is 9.59 Å². The molecule has 1 N–H and O–H groups in total. The third kappa shape index (κ3) is 3.80. The fraction of sp³-hybridized carbons (Fsp3) is 0.857. The summed E-state index contributed by atoms with van der Waals surface area (Å²) in [5.74, 6) is 0.344. The molecule has 2 unspecified atom stereocenters. The van der Waals surface area contributed by atoms with Crippen LogP contribution in [0.1, 0.15) is 52.9 Å². The average molecular weight is 254 g/mol. The lowest BCUT2D eigenvalue weighted by atomic mass is 9.97. The third-order valence-corrected chi connectivity index (χ3v) is 3.76. The summed E-state index contributed by atoms with van der Waals surface area (Å²) in [7, 11) is 0. The molecule has 1 saturated heterocycles. The van der Waals surface area contributed by atoms with E-state index >= 15 is 0 Å². The molecule has 0 spiro atoms. The van der Waals surface area contributed by atoms with Gasteiger partial charge in [0.15, 0.2) is 0 Å². The maximum Gasteiger partial charge on any atom is 0.246 e. The van der Waals surface area contributed by atoms with Gasteiger partial charge < -0.3 is 0 Å². The van der Waals surface area contributed by atoms with Crippen molar-refractivity contribution in [3.8, 4) is 0 Å². The van der Waals surface area contributed by atoms with Crippen LogP contribution in [0.25, 0.3) is 0 Å². The van der Waals surface area contributed by atoms with E-state index in [0.717, 1.165) is 25.7 Å². The minimum Gasteiger partial charge on any atom is -0.297 e. The van der Waals surface area contributed by atoms with Crippen LogP contribution in [0.5, 0.6) is 0 Å². The van der Waals surface area contributed by atoms with E-state index in [2.05, 4.69) is 19.2 Å². The molecule has 0 aliphatic carbocycles. The topological polar surface area (TPSA) is 49.4 Å². The summed E-state index contributed by atoms with van der Waals surface area (Å²) >= 11 is 0. The standard InChI is InChI=1S/C14H26N2O2/c1-4-7-8-11(5-2)10-16-13(17)9-15-12(6-3)14(16)18/h11-12,15H,4-10H2,1-3H3. The minimum atomic E-state index is -0.175. The smallest absolute Gasteiger partial charge is 0.246 e. The first-order chi connectivity index (χ1) is 8.63. The molecule has 4 nitrogen and oxygen atoms in total. The molecular formula is C14H26N2O2. The SMILES string of the molecule is CCCCC(CC)CN1C(=O)CNC(CC)C1=O. The molecule has 0 radical (unpaired) electrons. The van der Waals surface area contributed by atoms with E-state index in [1.807, 2.05) is 6.92 Å². The van der Waals surface area contributed by atoms with Gasteiger partial charge in [-0.3, -0.25) is 19.8 Å². The van der Waals surface area contributed by atoms with Gasteiger partial charge in [-0.2, -0.15) is 0 Å². The summed E-state index contributed by atoms with van der Waals surface area (Å²) in [6, 6.07) is -0.175. The first-order valence-electron chi connectivity index (χ1n) is 7.21. The van der Waals surface area contributed by atoms with Gasteiger partial charge in [0, 0.05) is 6.54 Å². The number of nitrogens with one attached hydrogen (secondary N) is 1. The Morgan fingerprint density at radius 2 is 2.06 bits per heavy atom. The Morgan fingerprint density at radius 1 is 1.33 bits per heavy atom. The van der Waals surface area contributed by atoms with Gasteiger partial charge in [-0.15, -0.1) is 0 Å². The number of hydrogen-bond donors (Lipinski definition) is 1. The maximum absolute atomic E-state index is 12.1. The third-order valence-electron chi connectivity index (χ3n) is 3.76. The van der Waals surface area contributed by atoms with Crippen LogP contribution in [0.15, 0.2) is 0 Å². The van der Waals surface area contributed by atoms with Crippen LogP contribution in [0.2, 0.25) is 0 Å². The Hall–Kier alpha value is -0.900. The zero-order chi connectivity index (χ0) is 13.5. The maximum atomic E-state index is 12.1. The van der Waals surface area contributed by atoms with Crippen LogP contribution in [-0.4, -0.2) is 35.8 Å². The summed E-state index contributed by atoms with van der Waals surface area (Å²) in [6.07, 6.45) is 5.21. The summed E-state index contributed by atoms with van der Waals surface area (Å²) in [6.45, 7) is 7.18. The van der Waals surface area contributed by atoms with Gasteiger partial charge >= 0.3 is 0 Å². The van der Waals surface area contributed by atoms with E-state index in [1.165, 1.54) is 11.3 Å². The number of amides is 2. The highest BCUT2D eigenvalue weighted by molar-refractivity contribution is 6.01. The summed E-state index contributed by atoms with van der Waals surface area (Å²) in [5, 5.41) is 2.99. The van der Waals surface area contributed by atoms with Crippen molar-refractivity contribution in [3.05, 3.63) is 0 Å². The predicted molar refractivity (Wildman–Crippen MR) is 72.1 cm³/mol. The summed E-state index contributed by atoms with van der Waals surface area (Å²) in [4.78, 5) is 25.4. The number of unbranched alkanes of at least 4 members (excludes halogenated alkanes) is 1. The molecule has 104 valence electrons. The predicted octanol–water partition coefficient (Wildman–Crippen LogP) is 1.94. The van der Waals surface area contributed by atoms with Crippen LogP contribution in [0.4, 0.5) is 0 Å². The number of hydrogen-bond acceptors (Lipinski definition) is 3. The number of rotatable bonds is 7. The molecule has 4 heteroatoms. The molecule has 0 bridgehead atoms. The van der Waals surface area contributed by atoms with Crippen LogP contribution in [-0.2, 0) is 9.59 Å². The molecule has 1 aliphatic heterocycles. The number of carbonyl (C=O) groups excluding carboxylic acids is 2. The highest BCUT2D eigenvalue weighted by Crippen LogP contribution is 2.16. The fourth-order valence-electron chi connectivity index (χ4n) is 2.39. The van der Waals surface area contributed by atoms with Gasteiger partial charge in [-0.25, -0.2) is 0 Å². The molecule has 0 aromatic heterocycles. The Balaban J connectivity index is 2.60. The van der Waals surface area contributed by atoms with Crippen LogP contribution >= 0.6 is 0 Å². The quantitative estimate of drug-likeness (QED) is 0.706. The molecule has 1 fully saturated rings. The Morgan fingerprint density at radius 3 is 2.61 bits per heavy atom. The number of piperazine rings is 1. The average Bonchev–Trinajstić information content (AvgIpc) is 2.38. The van der Waals surface area contributed by atoms with Crippen molar-refractivity contribution in [2.45, 2.75) is 58.9 Å². The molecule has 1 heterocycles. The van der Waals surface area contributed by atoms with E-state index in [4.69, 9.17) is 0 Å². The second-order valence-electron chi connectivity index (χ2n) is 5.10. The van der Waals surface area contributed by atoms with Crippen LogP contribution in [0, 0.1) is 5.92 Å². The fourth-order valence-corrected chi connectivity index (χ4v) is 2.39. The van der Waals surface area contributed by atoms with E-state index in [-0.39, 0.29) is 17.9 Å². The van der Waals surface area contributed by atoms with Gasteiger partial charge in [-0.05, 0) is 18.8 Å². The van der Waals surface area contributed by atoms with Gasteiger partial charge in [-0.1, -0.05) is 40.0 Å². The van der Waals surface area contributed by atoms with E-state index < -0.39 is 0 Å². The van der Waals surface area contributed by atoms with Crippen molar-refractivity contribution in [1.82, 2.24) is 10.2 Å². The van der Waals surface area contributed by atoms with Crippen LogP contribution < -0.4 is 5.32 Å². The van der Waals surface area contributed by atoms with Gasteiger partial charge in [0.2, 0.25) is 11.8 Å².